The van der Waals surface area contributed by atoms with Crippen molar-refractivity contribution < 1.29 is 9.53 Å². The summed E-state index contributed by atoms with van der Waals surface area (Å²) >= 11 is 3.46. The van der Waals surface area contributed by atoms with E-state index < -0.39 is 0 Å². The number of ether oxygens (including phenoxy) is 1. The third-order valence-corrected chi connectivity index (χ3v) is 4.52. The van der Waals surface area contributed by atoms with E-state index in [0.717, 1.165) is 17.3 Å². The van der Waals surface area contributed by atoms with Crippen molar-refractivity contribution >= 4 is 21.8 Å². The number of hydrogen-bond acceptors (Lipinski definition) is 2. The van der Waals surface area contributed by atoms with Crippen LogP contribution in [0.25, 0.3) is 0 Å². The van der Waals surface area contributed by atoms with Gasteiger partial charge in [0, 0.05) is 16.6 Å². The quantitative estimate of drug-likeness (QED) is 0.826. The van der Waals surface area contributed by atoms with Crippen LogP contribution in [0.3, 0.4) is 0 Å². The predicted octanol–water partition coefficient (Wildman–Crippen LogP) is 3.86. The van der Waals surface area contributed by atoms with Crippen LogP contribution >= 0.6 is 15.9 Å². The maximum absolute atomic E-state index is 12.7. The zero-order chi connectivity index (χ0) is 14.0. The van der Waals surface area contributed by atoms with Crippen molar-refractivity contribution in [2.75, 3.05) is 7.11 Å². The molecule has 104 valence electrons. The number of methoxy groups -OCH3 is 1. The molecule has 1 aromatic carbocycles. The largest absolute Gasteiger partial charge is 0.497 e. The topological polar surface area (TPSA) is 29.5 Å². The van der Waals surface area contributed by atoms with E-state index in [1.54, 1.807) is 13.2 Å². The fraction of sp³-hybridized carbons (Fsp3) is 0.533. The lowest BCUT2D eigenvalue weighted by molar-refractivity contribution is 0.0509. The Balaban J connectivity index is 2.32. The number of benzene rings is 1. The Morgan fingerprint density at radius 3 is 2.53 bits per heavy atom. The van der Waals surface area contributed by atoms with Crippen LogP contribution in [0.1, 0.15) is 43.5 Å². The summed E-state index contributed by atoms with van der Waals surface area (Å²) in [5.74, 6) is 0.800. The summed E-state index contributed by atoms with van der Waals surface area (Å²) < 4.78 is 6.03. The predicted molar refractivity (Wildman–Crippen MR) is 79.6 cm³/mol. The minimum Gasteiger partial charge on any atom is -0.497 e. The molecule has 1 aliphatic heterocycles. The second-order valence-electron chi connectivity index (χ2n) is 5.19. The summed E-state index contributed by atoms with van der Waals surface area (Å²) in [5.41, 5.74) is 0.681. The standard InChI is InChI=1S/C15H20BrNO2/c1-10-5-4-6-11(2)17(10)15(18)13-9-12(19-3)7-8-14(13)16/h7-11H,4-6H2,1-3H3. The van der Waals surface area contributed by atoms with Gasteiger partial charge in [-0.3, -0.25) is 4.79 Å². The number of amides is 1. The SMILES string of the molecule is COc1ccc(Br)c(C(=O)N2C(C)CCCC2C)c1. The maximum atomic E-state index is 12.7. The molecule has 0 N–H and O–H groups in total. The lowest BCUT2D eigenvalue weighted by Crippen LogP contribution is -2.47. The number of rotatable bonds is 2. The van der Waals surface area contributed by atoms with Crippen LogP contribution in [0, 0.1) is 0 Å². The number of likely N-dealkylation sites (tertiary alicyclic amines) is 1. The van der Waals surface area contributed by atoms with Crippen molar-refractivity contribution in [1.29, 1.82) is 0 Å². The number of piperidine rings is 1. The molecule has 1 heterocycles. The molecule has 0 aliphatic carbocycles. The van der Waals surface area contributed by atoms with Gasteiger partial charge in [0.05, 0.1) is 12.7 Å². The molecule has 0 radical (unpaired) electrons. The normalized spacial score (nSPS) is 23.3. The van der Waals surface area contributed by atoms with Gasteiger partial charge in [0.2, 0.25) is 0 Å². The number of halogens is 1. The van der Waals surface area contributed by atoms with E-state index in [0.29, 0.717) is 23.4 Å². The summed E-state index contributed by atoms with van der Waals surface area (Å²) in [6.07, 6.45) is 3.36. The molecule has 1 amide bonds. The van der Waals surface area contributed by atoms with Crippen LogP contribution in [0.2, 0.25) is 0 Å². The van der Waals surface area contributed by atoms with E-state index in [9.17, 15) is 4.79 Å². The zero-order valence-electron chi connectivity index (χ0n) is 11.6. The van der Waals surface area contributed by atoms with Gasteiger partial charge < -0.3 is 9.64 Å². The van der Waals surface area contributed by atoms with Gasteiger partial charge in [-0.05, 0) is 67.2 Å². The summed E-state index contributed by atoms with van der Waals surface area (Å²) in [5, 5.41) is 0. The van der Waals surface area contributed by atoms with Crippen LogP contribution in [0.4, 0.5) is 0 Å². The number of carbonyl (C=O) groups is 1. The molecule has 0 saturated carbocycles. The van der Waals surface area contributed by atoms with Crippen LogP contribution in [-0.2, 0) is 0 Å². The summed E-state index contributed by atoms with van der Waals surface area (Å²) in [7, 11) is 1.61. The number of carbonyl (C=O) groups excluding carboxylic acids is 1. The average Bonchev–Trinajstić information content (AvgIpc) is 2.39. The Labute approximate surface area is 123 Å². The molecule has 19 heavy (non-hydrogen) atoms. The minimum atomic E-state index is 0.0884. The molecular formula is C15H20BrNO2. The van der Waals surface area contributed by atoms with Crippen LogP contribution < -0.4 is 4.74 Å². The molecule has 2 rings (SSSR count). The van der Waals surface area contributed by atoms with Gasteiger partial charge in [0.25, 0.3) is 5.91 Å². The number of nitrogens with zero attached hydrogens (tertiary/aromatic N) is 1. The molecule has 1 aliphatic rings. The highest BCUT2D eigenvalue weighted by Gasteiger charge is 2.30. The highest BCUT2D eigenvalue weighted by atomic mass is 79.9. The van der Waals surface area contributed by atoms with Crippen molar-refractivity contribution in [2.45, 2.75) is 45.2 Å². The first-order valence-electron chi connectivity index (χ1n) is 6.70. The van der Waals surface area contributed by atoms with Gasteiger partial charge in [0.15, 0.2) is 0 Å². The summed E-state index contributed by atoms with van der Waals surface area (Å²) in [6.45, 7) is 4.25. The van der Waals surface area contributed by atoms with E-state index in [1.165, 1.54) is 6.42 Å². The lowest BCUT2D eigenvalue weighted by Gasteiger charge is -2.39. The molecule has 2 unspecified atom stereocenters. The Bertz CT molecular complexity index is 465. The Hall–Kier alpha value is -1.03. The monoisotopic (exact) mass is 325 g/mol. The van der Waals surface area contributed by atoms with Crippen molar-refractivity contribution in [3.63, 3.8) is 0 Å². The van der Waals surface area contributed by atoms with Crippen molar-refractivity contribution in [3.05, 3.63) is 28.2 Å². The van der Waals surface area contributed by atoms with E-state index in [4.69, 9.17) is 4.74 Å². The molecule has 0 aromatic heterocycles. The average molecular weight is 326 g/mol. The van der Waals surface area contributed by atoms with Gasteiger partial charge in [-0.25, -0.2) is 0 Å². The highest BCUT2D eigenvalue weighted by molar-refractivity contribution is 9.10. The third kappa shape index (κ3) is 2.94. The zero-order valence-corrected chi connectivity index (χ0v) is 13.2. The van der Waals surface area contributed by atoms with Gasteiger partial charge in [-0.15, -0.1) is 0 Å². The van der Waals surface area contributed by atoms with Gasteiger partial charge in [0.1, 0.15) is 5.75 Å². The third-order valence-electron chi connectivity index (χ3n) is 3.83. The Morgan fingerprint density at radius 1 is 1.32 bits per heavy atom. The molecule has 0 bridgehead atoms. The Kier molecular flexibility index (Phi) is 4.50. The molecule has 1 saturated heterocycles. The highest BCUT2D eigenvalue weighted by Crippen LogP contribution is 2.29. The summed E-state index contributed by atoms with van der Waals surface area (Å²) in [6, 6.07) is 6.12. The molecule has 1 fully saturated rings. The van der Waals surface area contributed by atoms with Gasteiger partial charge in [-0.1, -0.05) is 0 Å². The molecule has 2 atom stereocenters. The van der Waals surface area contributed by atoms with Crippen molar-refractivity contribution in [3.8, 4) is 5.75 Å². The Morgan fingerprint density at radius 2 is 1.95 bits per heavy atom. The summed E-state index contributed by atoms with van der Waals surface area (Å²) in [4.78, 5) is 14.8. The van der Waals surface area contributed by atoms with E-state index in [2.05, 4.69) is 29.8 Å². The first kappa shape index (κ1) is 14.4. The minimum absolute atomic E-state index is 0.0884. The van der Waals surface area contributed by atoms with Crippen molar-refractivity contribution in [1.82, 2.24) is 4.90 Å². The van der Waals surface area contributed by atoms with E-state index in [1.807, 2.05) is 17.0 Å². The lowest BCUT2D eigenvalue weighted by atomic mass is 9.96. The molecule has 4 heteroatoms. The smallest absolute Gasteiger partial charge is 0.255 e. The second-order valence-corrected chi connectivity index (χ2v) is 6.04. The van der Waals surface area contributed by atoms with E-state index in [-0.39, 0.29) is 5.91 Å². The van der Waals surface area contributed by atoms with E-state index >= 15 is 0 Å². The first-order valence-corrected chi connectivity index (χ1v) is 7.50. The molecular weight excluding hydrogens is 306 g/mol. The first-order chi connectivity index (χ1) is 9.04. The fourth-order valence-electron chi connectivity index (χ4n) is 2.76. The van der Waals surface area contributed by atoms with Gasteiger partial charge >= 0.3 is 0 Å². The van der Waals surface area contributed by atoms with Gasteiger partial charge in [-0.2, -0.15) is 0 Å². The maximum Gasteiger partial charge on any atom is 0.255 e. The van der Waals surface area contributed by atoms with Crippen LogP contribution in [-0.4, -0.2) is 30.0 Å². The molecule has 3 nitrogen and oxygen atoms in total. The molecule has 0 spiro atoms. The fourth-order valence-corrected chi connectivity index (χ4v) is 3.17. The van der Waals surface area contributed by atoms with Crippen LogP contribution in [0.5, 0.6) is 5.75 Å². The number of hydrogen-bond donors (Lipinski definition) is 0. The molecule has 1 aromatic rings. The van der Waals surface area contributed by atoms with Crippen LogP contribution in [0.15, 0.2) is 22.7 Å². The van der Waals surface area contributed by atoms with Crippen molar-refractivity contribution in [2.24, 2.45) is 0 Å². The second kappa shape index (κ2) is 5.95.